The maximum Gasteiger partial charge on any atom is 0.246 e. The number of amides is 2. The van der Waals surface area contributed by atoms with Gasteiger partial charge in [0.25, 0.3) is 0 Å². The molecule has 3 rings (SSSR count). The molecule has 2 amide bonds. The van der Waals surface area contributed by atoms with Gasteiger partial charge in [0.2, 0.25) is 11.8 Å². The summed E-state index contributed by atoms with van der Waals surface area (Å²) in [4.78, 5) is 30.8. The van der Waals surface area contributed by atoms with Gasteiger partial charge < -0.3 is 5.32 Å². The molecule has 0 saturated carbocycles. The first-order valence-corrected chi connectivity index (χ1v) is 9.94. The van der Waals surface area contributed by atoms with Gasteiger partial charge in [-0.25, -0.2) is 0 Å². The summed E-state index contributed by atoms with van der Waals surface area (Å²) in [6.45, 7) is 1.05. The first-order valence-electron chi connectivity index (χ1n) is 9.53. The van der Waals surface area contributed by atoms with Crippen LogP contribution < -0.4 is 5.32 Å². The topological polar surface area (TPSA) is 61.8 Å². The second-order valence-corrected chi connectivity index (χ2v) is 7.30. The highest BCUT2D eigenvalue weighted by molar-refractivity contribution is 7.80. The van der Waals surface area contributed by atoms with E-state index in [1.165, 1.54) is 35.1 Å². The summed E-state index contributed by atoms with van der Waals surface area (Å²) in [6.07, 6.45) is 9.96. The number of nitrogens with one attached hydrogen (secondary N) is 1. The van der Waals surface area contributed by atoms with Crippen molar-refractivity contribution in [2.45, 2.75) is 38.5 Å². The number of rotatable bonds is 7. The largest absolute Gasteiger partial charge is 0.302 e. The van der Waals surface area contributed by atoms with Crippen LogP contribution in [0.1, 0.15) is 37.7 Å². The number of hydrogen-bond donors (Lipinski definition) is 1. The number of thiocarbonyl (C=S) groups is 1. The standard InChI is InChI=1S/C21H25N3O2S/c25-19-18(15-22-13-11-16-7-3-1-4-8-16)20(26)24(21(27)23-19)14-12-17-9-5-2-6-10-17/h1,3-4,7-9,15,18H,2,5-6,10-14H2,(H,23,25,27). The third kappa shape index (κ3) is 5.32. The van der Waals surface area contributed by atoms with Crippen LogP contribution >= 0.6 is 12.2 Å². The molecule has 27 heavy (non-hydrogen) atoms. The summed E-state index contributed by atoms with van der Waals surface area (Å²) < 4.78 is 0. The van der Waals surface area contributed by atoms with Crippen LogP contribution in [-0.4, -0.2) is 41.1 Å². The lowest BCUT2D eigenvalue weighted by molar-refractivity contribution is -0.137. The molecule has 1 unspecified atom stereocenters. The third-order valence-corrected chi connectivity index (χ3v) is 5.28. The fraction of sp³-hybridized carbons (Fsp3) is 0.429. The van der Waals surface area contributed by atoms with Gasteiger partial charge >= 0.3 is 0 Å². The molecule has 142 valence electrons. The molecule has 1 aliphatic heterocycles. The van der Waals surface area contributed by atoms with Crippen LogP contribution in [0.5, 0.6) is 0 Å². The number of benzene rings is 1. The van der Waals surface area contributed by atoms with Crippen LogP contribution in [0.4, 0.5) is 0 Å². The van der Waals surface area contributed by atoms with Crippen LogP contribution in [-0.2, 0) is 16.0 Å². The Balaban J connectivity index is 1.56. The van der Waals surface area contributed by atoms with Gasteiger partial charge in [-0.3, -0.25) is 19.5 Å². The fourth-order valence-corrected chi connectivity index (χ4v) is 3.66. The summed E-state index contributed by atoms with van der Waals surface area (Å²) >= 11 is 5.21. The van der Waals surface area contributed by atoms with Crippen LogP contribution in [0.2, 0.25) is 0 Å². The van der Waals surface area contributed by atoms with Gasteiger partial charge in [0.1, 0.15) is 0 Å². The Hall–Kier alpha value is -2.34. The van der Waals surface area contributed by atoms with E-state index in [0.29, 0.717) is 13.1 Å². The van der Waals surface area contributed by atoms with E-state index in [1.807, 2.05) is 30.3 Å². The Kier molecular flexibility index (Phi) is 6.87. The summed E-state index contributed by atoms with van der Waals surface area (Å²) in [5.41, 5.74) is 2.56. The summed E-state index contributed by atoms with van der Waals surface area (Å²) in [5.74, 6) is -1.56. The van der Waals surface area contributed by atoms with E-state index in [2.05, 4.69) is 16.4 Å². The van der Waals surface area contributed by atoms with E-state index in [1.54, 1.807) is 0 Å². The molecule has 1 aromatic rings. The Morgan fingerprint density at radius 3 is 2.74 bits per heavy atom. The molecule has 1 saturated heterocycles. The highest BCUT2D eigenvalue weighted by Crippen LogP contribution is 2.21. The van der Waals surface area contributed by atoms with Gasteiger partial charge in [-0.05, 0) is 56.3 Å². The second-order valence-electron chi connectivity index (χ2n) is 6.91. The summed E-state index contributed by atoms with van der Waals surface area (Å²) in [6, 6.07) is 10.0. The molecule has 1 aliphatic carbocycles. The van der Waals surface area contributed by atoms with Crippen LogP contribution in [0.15, 0.2) is 47.0 Å². The van der Waals surface area contributed by atoms with E-state index in [0.717, 1.165) is 25.7 Å². The quantitative estimate of drug-likeness (QED) is 0.341. The zero-order valence-electron chi connectivity index (χ0n) is 15.4. The van der Waals surface area contributed by atoms with Gasteiger partial charge in [-0.2, -0.15) is 0 Å². The molecule has 0 radical (unpaired) electrons. The number of carbonyl (C=O) groups excluding carboxylic acids is 2. The van der Waals surface area contributed by atoms with Gasteiger partial charge in [0.15, 0.2) is 11.0 Å². The van der Waals surface area contributed by atoms with E-state index in [9.17, 15) is 9.59 Å². The maximum absolute atomic E-state index is 12.8. The first-order chi connectivity index (χ1) is 13.1. The predicted octanol–water partition coefficient (Wildman–Crippen LogP) is 3.05. The summed E-state index contributed by atoms with van der Waals surface area (Å²) in [7, 11) is 0. The number of carbonyl (C=O) groups is 2. The summed E-state index contributed by atoms with van der Waals surface area (Å²) in [5, 5.41) is 2.85. The van der Waals surface area contributed by atoms with Gasteiger partial charge in [0, 0.05) is 19.3 Å². The molecule has 5 nitrogen and oxygen atoms in total. The van der Waals surface area contributed by atoms with Crippen LogP contribution in [0.3, 0.4) is 0 Å². The zero-order chi connectivity index (χ0) is 19.1. The molecule has 6 heteroatoms. The SMILES string of the molecule is O=C1NC(=S)N(CCC2=CCCCC2)C(=O)C1C=NCCc1ccccc1. The van der Waals surface area contributed by atoms with Gasteiger partial charge in [-0.15, -0.1) is 0 Å². The van der Waals surface area contributed by atoms with Crippen molar-refractivity contribution in [3.63, 3.8) is 0 Å². The molecule has 0 spiro atoms. The molecule has 1 atom stereocenters. The lowest BCUT2D eigenvalue weighted by Gasteiger charge is -2.31. The van der Waals surface area contributed by atoms with Crippen molar-refractivity contribution in [3.05, 3.63) is 47.5 Å². The molecular weight excluding hydrogens is 358 g/mol. The monoisotopic (exact) mass is 383 g/mol. The molecule has 0 aromatic heterocycles. The second kappa shape index (κ2) is 9.55. The zero-order valence-corrected chi connectivity index (χ0v) is 16.2. The van der Waals surface area contributed by atoms with Crippen molar-refractivity contribution in [1.29, 1.82) is 0 Å². The molecule has 1 aromatic carbocycles. The Bertz CT molecular complexity index is 758. The van der Waals surface area contributed by atoms with Crippen LogP contribution in [0, 0.1) is 5.92 Å². The Labute approximate surface area is 165 Å². The smallest absolute Gasteiger partial charge is 0.246 e. The number of nitrogens with zero attached hydrogens (tertiary/aromatic N) is 2. The molecule has 1 fully saturated rings. The minimum atomic E-state index is -0.896. The van der Waals surface area contributed by atoms with Crippen molar-refractivity contribution in [2.24, 2.45) is 10.9 Å². The van der Waals surface area contributed by atoms with Crippen LogP contribution in [0.25, 0.3) is 0 Å². The van der Waals surface area contributed by atoms with E-state index in [4.69, 9.17) is 12.2 Å². The Morgan fingerprint density at radius 2 is 2.00 bits per heavy atom. The van der Waals surface area contributed by atoms with Crippen molar-refractivity contribution in [1.82, 2.24) is 10.2 Å². The molecule has 1 N–H and O–H groups in total. The minimum Gasteiger partial charge on any atom is -0.302 e. The Morgan fingerprint density at radius 1 is 1.19 bits per heavy atom. The normalized spacial score (nSPS) is 20.7. The maximum atomic E-state index is 12.8. The molecule has 0 bridgehead atoms. The average Bonchev–Trinajstić information content (AvgIpc) is 2.68. The lowest BCUT2D eigenvalue weighted by Crippen LogP contribution is -2.58. The molecule has 1 heterocycles. The number of hydrogen-bond acceptors (Lipinski definition) is 4. The van der Waals surface area contributed by atoms with E-state index >= 15 is 0 Å². The van der Waals surface area contributed by atoms with Crippen molar-refractivity contribution < 1.29 is 9.59 Å². The lowest BCUT2D eigenvalue weighted by atomic mass is 9.97. The highest BCUT2D eigenvalue weighted by atomic mass is 32.1. The minimum absolute atomic E-state index is 0.204. The fourth-order valence-electron chi connectivity index (χ4n) is 3.38. The van der Waals surface area contributed by atoms with E-state index in [-0.39, 0.29) is 16.9 Å². The third-order valence-electron chi connectivity index (χ3n) is 4.96. The average molecular weight is 384 g/mol. The first kappa shape index (κ1) is 19.4. The van der Waals surface area contributed by atoms with Crippen molar-refractivity contribution >= 4 is 35.4 Å². The predicted molar refractivity (Wildman–Crippen MR) is 111 cm³/mol. The highest BCUT2D eigenvalue weighted by Gasteiger charge is 2.37. The van der Waals surface area contributed by atoms with Crippen molar-refractivity contribution in [2.75, 3.05) is 13.1 Å². The van der Waals surface area contributed by atoms with Crippen molar-refractivity contribution in [3.8, 4) is 0 Å². The number of aliphatic imine (C=N–C) groups is 1. The van der Waals surface area contributed by atoms with E-state index < -0.39 is 5.92 Å². The van der Waals surface area contributed by atoms with Gasteiger partial charge in [-0.1, -0.05) is 42.0 Å². The molecule has 2 aliphatic rings. The van der Waals surface area contributed by atoms with Gasteiger partial charge in [0.05, 0.1) is 0 Å². The molecular formula is C21H25N3O2S. The number of allylic oxidation sites excluding steroid dienone is 1.